The summed E-state index contributed by atoms with van der Waals surface area (Å²) in [5, 5.41) is 9.73. The third-order valence-electron chi connectivity index (χ3n) is 4.06. The number of nitrogens with one attached hydrogen (secondary N) is 2. The van der Waals surface area contributed by atoms with E-state index in [1.807, 2.05) is 0 Å². The lowest BCUT2D eigenvalue weighted by Crippen LogP contribution is -2.43. The summed E-state index contributed by atoms with van der Waals surface area (Å²) < 4.78 is 0. The summed E-state index contributed by atoms with van der Waals surface area (Å²) in [7, 11) is 0. The van der Waals surface area contributed by atoms with Crippen LogP contribution in [-0.4, -0.2) is 11.2 Å². The molecule has 3 rings (SSSR count). The molecule has 0 radical (unpaired) electrons. The number of fused-ring (bicyclic) bond motifs is 2. The van der Waals surface area contributed by atoms with Crippen LogP contribution in [0, 0.1) is 11.8 Å². The first-order valence-corrected chi connectivity index (χ1v) is 7.67. The zero-order valence-electron chi connectivity index (χ0n) is 9.82. The van der Waals surface area contributed by atoms with Gasteiger partial charge < -0.3 is 10.6 Å². The Morgan fingerprint density at radius 2 is 2.35 bits per heavy atom. The highest BCUT2D eigenvalue weighted by atomic mass is 32.1. The lowest BCUT2D eigenvalue weighted by Gasteiger charge is -2.24. The quantitative estimate of drug-likeness (QED) is 0.823. The van der Waals surface area contributed by atoms with Crippen molar-refractivity contribution in [3.8, 4) is 0 Å². The van der Waals surface area contributed by atoms with Crippen molar-refractivity contribution in [2.24, 2.45) is 11.8 Å². The highest BCUT2D eigenvalue weighted by molar-refractivity contribution is 7.80. The lowest BCUT2D eigenvalue weighted by atomic mass is 9.96. The molecule has 1 aromatic rings. The second-order valence-electron chi connectivity index (χ2n) is 5.19. The molecular formula is C13H18N2S2. The highest BCUT2D eigenvalue weighted by Crippen LogP contribution is 2.44. The molecule has 2 saturated carbocycles. The zero-order chi connectivity index (χ0) is 11.7. The fraction of sp³-hybridized carbons (Fsp3) is 0.615. The van der Waals surface area contributed by atoms with E-state index in [0.717, 1.165) is 23.5 Å². The van der Waals surface area contributed by atoms with Crippen molar-refractivity contribution in [1.82, 2.24) is 10.6 Å². The number of thiophene rings is 1. The van der Waals surface area contributed by atoms with Crippen molar-refractivity contribution in [3.63, 3.8) is 0 Å². The molecule has 17 heavy (non-hydrogen) atoms. The van der Waals surface area contributed by atoms with Gasteiger partial charge in [0.2, 0.25) is 0 Å². The third kappa shape index (κ3) is 2.63. The Balaban J connectivity index is 1.44. The predicted molar refractivity (Wildman–Crippen MR) is 76.1 cm³/mol. The molecule has 3 atom stereocenters. The summed E-state index contributed by atoms with van der Waals surface area (Å²) in [6.07, 6.45) is 5.59. The molecule has 2 nitrogen and oxygen atoms in total. The average Bonchev–Trinajstić information content (AvgIpc) is 3.03. The second-order valence-corrected chi connectivity index (χ2v) is 6.63. The SMILES string of the molecule is S=C(NCc1cccs1)NC1CC2CCC1C2. The highest BCUT2D eigenvalue weighted by Gasteiger charge is 2.39. The maximum atomic E-state index is 5.36. The van der Waals surface area contributed by atoms with Crippen LogP contribution in [-0.2, 0) is 6.54 Å². The van der Waals surface area contributed by atoms with Crippen LogP contribution in [0.2, 0.25) is 0 Å². The van der Waals surface area contributed by atoms with Gasteiger partial charge >= 0.3 is 0 Å². The van der Waals surface area contributed by atoms with Gasteiger partial charge in [-0.2, -0.15) is 0 Å². The number of hydrogen-bond donors (Lipinski definition) is 2. The minimum absolute atomic E-state index is 0.636. The van der Waals surface area contributed by atoms with Crippen LogP contribution in [0.3, 0.4) is 0 Å². The standard InChI is InChI=1S/C13H18N2S2/c16-13(14-8-11-2-1-5-17-11)15-12-7-9-3-4-10(12)6-9/h1-2,5,9-10,12H,3-4,6-8H2,(H2,14,15,16). The molecule has 2 fully saturated rings. The van der Waals surface area contributed by atoms with Crippen molar-refractivity contribution < 1.29 is 0 Å². The maximum Gasteiger partial charge on any atom is 0.166 e. The molecule has 2 aliphatic rings. The smallest absolute Gasteiger partial charge is 0.166 e. The molecule has 1 heterocycles. The Hall–Kier alpha value is -0.610. The maximum absolute atomic E-state index is 5.36. The van der Waals surface area contributed by atoms with Gasteiger partial charge in [-0.05, 0) is 54.8 Å². The molecule has 92 valence electrons. The molecular weight excluding hydrogens is 248 g/mol. The fourth-order valence-electron chi connectivity index (χ4n) is 3.22. The first kappa shape index (κ1) is 11.5. The van der Waals surface area contributed by atoms with Crippen molar-refractivity contribution >= 4 is 28.7 Å². The summed E-state index contributed by atoms with van der Waals surface area (Å²) >= 11 is 7.13. The lowest BCUT2D eigenvalue weighted by molar-refractivity contribution is 0.389. The third-order valence-corrected chi connectivity index (χ3v) is 5.20. The van der Waals surface area contributed by atoms with Crippen molar-refractivity contribution in [1.29, 1.82) is 0 Å². The van der Waals surface area contributed by atoms with E-state index in [1.165, 1.54) is 30.6 Å². The summed E-state index contributed by atoms with van der Waals surface area (Å²) in [5.41, 5.74) is 0. The monoisotopic (exact) mass is 266 g/mol. The predicted octanol–water partition coefficient (Wildman–Crippen LogP) is 2.90. The second kappa shape index (κ2) is 4.94. The normalized spacial score (nSPS) is 30.5. The molecule has 1 aromatic heterocycles. The summed E-state index contributed by atoms with van der Waals surface area (Å²) in [5.74, 6) is 1.85. The zero-order valence-corrected chi connectivity index (χ0v) is 11.4. The van der Waals surface area contributed by atoms with E-state index in [0.29, 0.717) is 6.04 Å². The molecule has 2 bridgehead atoms. The number of thiocarbonyl (C=S) groups is 1. The molecule has 2 N–H and O–H groups in total. The first-order valence-electron chi connectivity index (χ1n) is 6.38. The van der Waals surface area contributed by atoms with Crippen LogP contribution in [0.25, 0.3) is 0 Å². The number of hydrogen-bond acceptors (Lipinski definition) is 2. The van der Waals surface area contributed by atoms with Crippen LogP contribution in [0.15, 0.2) is 17.5 Å². The van der Waals surface area contributed by atoms with Gasteiger partial charge in [0, 0.05) is 10.9 Å². The molecule has 0 aliphatic heterocycles. The van der Waals surface area contributed by atoms with Gasteiger partial charge in [-0.25, -0.2) is 0 Å². The van der Waals surface area contributed by atoms with Crippen molar-refractivity contribution in [3.05, 3.63) is 22.4 Å². The Morgan fingerprint density at radius 1 is 1.41 bits per heavy atom. The van der Waals surface area contributed by atoms with Gasteiger partial charge in [-0.15, -0.1) is 11.3 Å². The van der Waals surface area contributed by atoms with E-state index in [2.05, 4.69) is 28.1 Å². The van der Waals surface area contributed by atoms with E-state index in [-0.39, 0.29) is 0 Å². The summed E-state index contributed by atoms with van der Waals surface area (Å²) in [4.78, 5) is 1.34. The van der Waals surface area contributed by atoms with Gasteiger partial charge in [0.15, 0.2) is 5.11 Å². The Labute approximate surface area is 112 Å². The molecule has 0 aromatic carbocycles. The first-order chi connectivity index (χ1) is 8.31. The average molecular weight is 266 g/mol. The Morgan fingerprint density at radius 3 is 3.00 bits per heavy atom. The molecule has 0 amide bonds. The molecule has 4 heteroatoms. The largest absolute Gasteiger partial charge is 0.360 e. The van der Waals surface area contributed by atoms with Crippen LogP contribution >= 0.6 is 23.6 Å². The summed E-state index contributed by atoms with van der Waals surface area (Å²) in [6.45, 7) is 0.852. The van der Waals surface area contributed by atoms with E-state index >= 15 is 0 Å². The van der Waals surface area contributed by atoms with Crippen LogP contribution < -0.4 is 10.6 Å². The van der Waals surface area contributed by atoms with Gasteiger partial charge in [-0.1, -0.05) is 12.5 Å². The van der Waals surface area contributed by atoms with Gasteiger partial charge in [0.05, 0.1) is 6.54 Å². The molecule has 0 spiro atoms. The molecule has 0 saturated heterocycles. The van der Waals surface area contributed by atoms with Crippen LogP contribution in [0.5, 0.6) is 0 Å². The van der Waals surface area contributed by atoms with Crippen LogP contribution in [0.1, 0.15) is 30.6 Å². The van der Waals surface area contributed by atoms with E-state index in [9.17, 15) is 0 Å². The van der Waals surface area contributed by atoms with Gasteiger partial charge in [0.1, 0.15) is 0 Å². The number of rotatable bonds is 3. The summed E-state index contributed by atoms with van der Waals surface area (Å²) in [6, 6.07) is 4.85. The minimum atomic E-state index is 0.636. The Bertz CT molecular complexity index is 388. The Kier molecular flexibility index (Phi) is 3.34. The molecule has 2 aliphatic carbocycles. The van der Waals surface area contributed by atoms with E-state index in [4.69, 9.17) is 12.2 Å². The van der Waals surface area contributed by atoms with Crippen molar-refractivity contribution in [2.45, 2.75) is 38.3 Å². The minimum Gasteiger partial charge on any atom is -0.360 e. The van der Waals surface area contributed by atoms with Crippen LogP contribution in [0.4, 0.5) is 0 Å². The van der Waals surface area contributed by atoms with E-state index in [1.54, 1.807) is 11.3 Å². The van der Waals surface area contributed by atoms with Gasteiger partial charge in [0.25, 0.3) is 0 Å². The fourth-order valence-corrected chi connectivity index (χ4v) is 4.09. The van der Waals surface area contributed by atoms with E-state index < -0.39 is 0 Å². The topological polar surface area (TPSA) is 24.1 Å². The van der Waals surface area contributed by atoms with Gasteiger partial charge in [-0.3, -0.25) is 0 Å². The van der Waals surface area contributed by atoms with Crippen molar-refractivity contribution in [2.75, 3.05) is 0 Å². The molecule has 3 unspecified atom stereocenters.